The van der Waals surface area contributed by atoms with Crippen LogP contribution in [0.5, 0.6) is 0 Å². The zero-order chi connectivity index (χ0) is 17.9. The maximum atomic E-state index is 14.1. The van der Waals surface area contributed by atoms with Crippen molar-refractivity contribution in [1.82, 2.24) is 0 Å². The molecule has 0 radical (unpaired) electrons. The second kappa shape index (κ2) is 11.7. The topological polar surface area (TPSA) is 0 Å². The highest BCUT2D eigenvalue weighted by atomic mass is 19.1. The fraction of sp³-hybridized carbons (Fsp3) is 0.750. The molecule has 0 spiro atoms. The molecule has 1 heteroatoms. The molecule has 1 aromatic carbocycles. The highest BCUT2D eigenvalue weighted by Gasteiger charge is 2.22. The summed E-state index contributed by atoms with van der Waals surface area (Å²) in [4.78, 5) is 0. The van der Waals surface area contributed by atoms with Gasteiger partial charge in [0.05, 0.1) is 0 Å². The van der Waals surface area contributed by atoms with Crippen molar-refractivity contribution in [2.24, 2.45) is 5.92 Å². The summed E-state index contributed by atoms with van der Waals surface area (Å²) >= 11 is 0. The van der Waals surface area contributed by atoms with Crippen LogP contribution in [-0.4, -0.2) is 6.17 Å². The summed E-state index contributed by atoms with van der Waals surface area (Å²) in [6.45, 7) is 4.49. The predicted octanol–water partition coefficient (Wildman–Crippen LogP) is 8.00. The number of benzene rings is 1. The Hall–Kier alpha value is -0.850. The minimum Gasteiger partial charge on any atom is -0.247 e. The van der Waals surface area contributed by atoms with Gasteiger partial charge < -0.3 is 0 Å². The molecule has 0 saturated heterocycles. The predicted molar refractivity (Wildman–Crippen MR) is 108 cm³/mol. The molecule has 1 aliphatic rings. The molecule has 1 aromatic rings. The van der Waals surface area contributed by atoms with E-state index in [1.165, 1.54) is 75.3 Å². The lowest BCUT2D eigenvalue weighted by Gasteiger charge is -2.29. The van der Waals surface area contributed by atoms with Crippen molar-refractivity contribution >= 4 is 0 Å². The highest BCUT2D eigenvalue weighted by molar-refractivity contribution is 5.26. The van der Waals surface area contributed by atoms with Crippen molar-refractivity contribution in [3.63, 3.8) is 0 Å². The van der Waals surface area contributed by atoms with Crippen LogP contribution in [0, 0.1) is 5.92 Å². The number of hydrogen-bond acceptors (Lipinski definition) is 0. The Labute approximate surface area is 155 Å². The average molecular weight is 347 g/mol. The van der Waals surface area contributed by atoms with Crippen LogP contribution >= 0.6 is 0 Å². The Balaban J connectivity index is 1.72. The van der Waals surface area contributed by atoms with Gasteiger partial charge in [-0.05, 0) is 55.1 Å². The van der Waals surface area contributed by atoms with Crippen molar-refractivity contribution in [3.8, 4) is 0 Å². The molecule has 0 bridgehead atoms. The lowest BCUT2D eigenvalue weighted by Crippen LogP contribution is -2.13. The summed E-state index contributed by atoms with van der Waals surface area (Å²) in [6.07, 6.45) is 15.0. The second-order valence-electron chi connectivity index (χ2n) is 8.25. The Morgan fingerprint density at radius 2 is 1.56 bits per heavy atom. The lowest BCUT2D eigenvalue weighted by atomic mass is 9.77. The van der Waals surface area contributed by atoms with Crippen LogP contribution in [0.2, 0.25) is 0 Å². The van der Waals surface area contributed by atoms with E-state index >= 15 is 0 Å². The molecule has 1 fully saturated rings. The monoisotopic (exact) mass is 346 g/mol. The molecule has 0 aromatic heterocycles. The van der Waals surface area contributed by atoms with Crippen molar-refractivity contribution in [1.29, 1.82) is 0 Å². The van der Waals surface area contributed by atoms with Crippen LogP contribution in [0.1, 0.15) is 108 Å². The molecule has 1 aliphatic carbocycles. The van der Waals surface area contributed by atoms with Crippen LogP contribution in [0.4, 0.5) is 4.39 Å². The van der Waals surface area contributed by atoms with Crippen LogP contribution < -0.4 is 0 Å². The van der Waals surface area contributed by atoms with E-state index in [0.717, 1.165) is 24.7 Å². The quantitative estimate of drug-likeness (QED) is 0.356. The van der Waals surface area contributed by atoms with E-state index in [0.29, 0.717) is 6.42 Å². The number of rotatable bonds is 11. The van der Waals surface area contributed by atoms with Gasteiger partial charge in [0.1, 0.15) is 6.17 Å². The molecule has 1 atom stereocenters. The maximum absolute atomic E-state index is 14.1. The number of hydrogen-bond donors (Lipinski definition) is 0. The van der Waals surface area contributed by atoms with Gasteiger partial charge in [0.15, 0.2) is 0 Å². The van der Waals surface area contributed by atoms with Crippen molar-refractivity contribution in [3.05, 3.63) is 35.4 Å². The zero-order valence-electron chi connectivity index (χ0n) is 16.6. The first-order chi connectivity index (χ1) is 12.2. The molecule has 1 saturated carbocycles. The summed E-state index contributed by atoms with van der Waals surface area (Å²) in [5.74, 6) is 1.71. The normalized spacial score (nSPS) is 22.0. The van der Waals surface area contributed by atoms with E-state index in [4.69, 9.17) is 0 Å². The van der Waals surface area contributed by atoms with E-state index in [9.17, 15) is 4.39 Å². The lowest BCUT2D eigenvalue weighted by molar-refractivity contribution is 0.302. The number of halogens is 1. The molecular weight excluding hydrogens is 307 g/mol. The molecule has 1 unspecified atom stereocenters. The zero-order valence-corrected chi connectivity index (χ0v) is 16.6. The minimum atomic E-state index is -0.670. The number of alkyl halides is 1. The van der Waals surface area contributed by atoms with E-state index in [1.54, 1.807) is 0 Å². The summed E-state index contributed by atoms with van der Waals surface area (Å²) in [6, 6.07) is 8.90. The van der Waals surface area contributed by atoms with Gasteiger partial charge in [0.25, 0.3) is 0 Å². The van der Waals surface area contributed by atoms with Crippen LogP contribution in [0.15, 0.2) is 24.3 Å². The van der Waals surface area contributed by atoms with E-state index in [-0.39, 0.29) is 0 Å². The third kappa shape index (κ3) is 7.50. The molecular formula is C24H39F. The van der Waals surface area contributed by atoms with Gasteiger partial charge in [-0.25, -0.2) is 4.39 Å². The maximum Gasteiger partial charge on any atom is 0.104 e. The van der Waals surface area contributed by atoms with Gasteiger partial charge in [-0.15, -0.1) is 0 Å². The van der Waals surface area contributed by atoms with Crippen molar-refractivity contribution in [2.75, 3.05) is 0 Å². The fourth-order valence-corrected chi connectivity index (χ4v) is 4.35. The van der Waals surface area contributed by atoms with Crippen LogP contribution in [0.3, 0.4) is 0 Å². The fourth-order valence-electron chi connectivity index (χ4n) is 4.35. The minimum absolute atomic E-state index is 0.593. The standard InChI is InChI=1S/C24H39F/c1-3-5-7-8-10-24(25)19-21-13-17-23(18-14-21)22-15-11-20(12-16-22)9-6-4-2/h13-14,17-18,20,22,24H,3-12,15-16,19H2,1-2H3. The molecule has 25 heavy (non-hydrogen) atoms. The SMILES string of the molecule is CCCCCCC(F)Cc1ccc(C2CCC(CCCC)CC2)cc1. The van der Waals surface area contributed by atoms with Gasteiger partial charge in [0, 0.05) is 6.42 Å². The Bertz CT molecular complexity index is 442. The molecule has 0 nitrogen and oxygen atoms in total. The Morgan fingerprint density at radius 3 is 2.20 bits per heavy atom. The van der Waals surface area contributed by atoms with Gasteiger partial charge in [-0.3, -0.25) is 0 Å². The van der Waals surface area contributed by atoms with Gasteiger partial charge >= 0.3 is 0 Å². The smallest absolute Gasteiger partial charge is 0.104 e. The molecule has 142 valence electrons. The molecule has 0 amide bonds. The summed E-state index contributed by atoms with van der Waals surface area (Å²) in [7, 11) is 0. The first kappa shape index (κ1) is 20.5. The van der Waals surface area contributed by atoms with Crippen molar-refractivity contribution in [2.45, 2.75) is 109 Å². The number of unbranched alkanes of at least 4 members (excludes halogenated alkanes) is 4. The van der Waals surface area contributed by atoms with Gasteiger partial charge in [0.2, 0.25) is 0 Å². The Kier molecular flexibility index (Phi) is 9.58. The molecule has 0 N–H and O–H groups in total. The van der Waals surface area contributed by atoms with Crippen LogP contribution in [0.25, 0.3) is 0 Å². The largest absolute Gasteiger partial charge is 0.247 e. The summed E-state index contributed by atoms with van der Waals surface area (Å²) in [5, 5.41) is 0. The summed E-state index contributed by atoms with van der Waals surface area (Å²) < 4.78 is 14.1. The Morgan fingerprint density at radius 1 is 0.880 bits per heavy atom. The van der Waals surface area contributed by atoms with Crippen molar-refractivity contribution < 1.29 is 4.39 Å². The first-order valence-electron chi connectivity index (χ1n) is 11.0. The van der Waals surface area contributed by atoms with Gasteiger partial charge in [-0.2, -0.15) is 0 Å². The average Bonchev–Trinajstić information content (AvgIpc) is 2.65. The second-order valence-corrected chi connectivity index (χ2v) is 8.25. The molecule has 2 rings (SSSR count). The highest BCUT2D eigenvalue weighted by Crippen LogP contribution is 2.37. The van der Waals surface area contributed by atoms with E-state index in [1.807, 2.05) is 0 Å². The molecule has 0 aliphatic heterocycles. The third-order valence-corrected chi connectivity index (χ3v) is 6.09. The third-order valence-electron chi connectivity index (χ3n) is 6.09. The van der Waals surface area contributed by atoms with Gasteiger partial charge in [-0.1, -0.05) is 83.1 Å². The van der Waals surface area contributed by atoms with Crippen LogP contribution in [-0.2, 0) is 6.42 Å². The first-order valence-corrected chi connectivity index (χ1v) is 11.0. The van der Waals surface area contributed by atoms with E-state index < -0.39 is 6.17 Å². The van der Waals surface area contributed by atoms with E-state index in [2.05, 4.69) is 38.1 Å². The molecule has 0 heterocycles. The summed E-state index contributed by atoms with van der Waals surface area (Å²) in [5.41, 5.74) is 2.65.